The average molecular weight is 363 g/mol. The van der Waals surface area contributed by atoms with Crippen LogP contribution in [0.3, 0.4) is 0 Å². The minimum absolute atomic E-state index is 0.0333. The lowest BCUT2D eigenvalue weighted by Crippen LogP contribution is -2.20. The number of nitro groups is 1. The summed E-state index contributed by atoms with van der Waals surface area (Å²) in [4.78, 5) is 22.4. The van der Waals surface area contributed by atoms with Gasteiger partial charge in [-0.3, -0.25) is 19.6 Å². The number of rotatable bonds is 6. The fourth-order valence-electron chi connectivity index (χ4n) is 2.42. The van der Waals surface area contributed by atoms with Crippen LogP contribution in [0.4, 0.5) is 5.69 Å². The summed E-state index contributed by atoms with van der Waals surface area (Å²) in [5.41, 5.74) is 5.21. The molecule has 136 valence electrons. The number of carbonyl (C=O) groups excluding carboxylic acids is 1. The zero-order chi connectivity index (χ0) is 19.2. The molecule has 0 aliphatic heterocycles. The number of aromatic nitrogens is 2. The smallest absolute Gasteiger partial charge is 0.268 e. The molecule has 27 heavy (non-hydrogen) atoms. The van der Waals surface area contributed by atoms with Crippen LogP contribution in [0.25, 0.3) is 0 Å². The molecule has 0 spiro atoms. The quantitative estimate of drug-likeness (QED) is 0.413. The summed E-state index contributed by atoms with van der Waals surface area (Å²) in [6.45, 7) is 2.21. The molecule has 1 amide bonds. The number of hydrogen-bond donors (Lipinski definition) is 1. The van der Waals surface area contributed by atoms with Crippen molar-refractivity contribution in [2.75, 3.05) is 0 Å². The number of benzene rings is 2. The van der Waals surface area contributed by atoms with Gasteiger partial charge in [0.1, 0.15) is 0 Å². The highest BCUT2D eigenvalue weighted by Gasteiger charge is 2.10. The Morgan fingerprint density at radius 1 is 1.15 bits per heavy atom. The van der Waals surface area contributed by atoms with Crippen molar-refractivity contribution in [3.05, 3.63) is 93.8 Å². The van der Waals surface area contributed by atoms with Gasteiger partial charge in [0.25, 0.3) is 11.6 Å². The molecule has 0 bridgehead atoms. The molecule has 1 heterocycles. The maximum atomic E-state index is 12.2. The fraction of sp³-hybridized carbons (Fsp3) is 0.105. The van der Waals surface area contributed by atoms with Gasteiger partial charge in [-0.15, -0.1) is 0 Å². The van der Waals surface area contributed by atoms with Gasteiger partial charge in [-0.05, 0) is 24.1 Å². The van der Waals surface area contributed by atoms with Crippen LogP contribution < -0.4 is 5.43 Å². The molecule has 0 aliphatic carbocycles. The highest BCUT2D eigenvalue weighted by atomic mass is 16.6. The predicted molar refractivity (Wildman–Crippen MR) is 101 cm³/mol. The number of non-ortho nitro benzene ring substituents is 1. The molecule has 0 saturated carbocycles. The van der Waals surface area contributed by atoms with E-state index in [2.05, 4.69) is 15.6 Å². The lowest BCUT2D eigenvalue weighted by atomic mass is 10.1. The Kier molecular flexibility index (Phi) is 5.36. The molecule has 0 saturated heterocycles. The van der Waals surface area contributed by atoms with Crippen LogP contribution in [-0.4, -0.2) is 26.3 Å². The number of nitrogens with zero attached hydrogens (tertiary/aromatic N) is 4. The van der Waals surface area contributed by atoms with Crippen LogP contribution in [0.5, 0.6) is 0 Å². The van der Waals surface area contributed by atoms with Crippen molar-refractivity contribution in [2.24, 2.45) is 5.10 Å². The standard InChI is InChI=1S/C19H17N5O3/c1-14(16-5-3-2-4-6-16)20-21-19(25)18-11-12-23(22-18)13-15-7-9-17(10-8-15)24(26)27/h2-12H,13H2,1H3,(H,21,25). The maximum absolute atomic E-state index is 12.2. The molecule has 3 aromatic rings. The third-order valence-electron chi connectivity index (χ3n) is 3.88. The first-order valence-electron chi connectivity index (χ1n) is 8.20. The Morgan fingerprint density at radius 2 is 1.85 bits per heavy atom. The van der Waals surface area contributed by atoms with E-state index < -0.39 is 10.8 Å². The van der Waals surface area contributed by atoms with E-state index in [0.717, 1.165) is 11.1 Å². The first-order chi connectivity index (χ1) is 13.0. The minimum atomic E-state index is -0.446. The lowest BCUT2D eigenvalue weighted by Gasteiger charge is -2.02. The third kappa shape index (κ3) is 4.63. The predicted octanol–water partition coefficient (Wildman–Crippen LogP) is 2.99. The van der Waals surface area contributed by atoms with Crippen molar-refractivity contribution in [1.82, 2.24) is 15.2 Å². The molecule has 0 radical (unpaired) electrons. The van der Waals surface area contributed by atoms with Crippen LogP contribution in [0.2, 0.25) is 0 Å². The Balaban J connectivity index is 1.63. The maximum Gasteiger partial charge on any atom is 0.291 e. The van der Waals surface area contributed by atoms with Crippen LogP contribution in [0.1, 0.15) is 28.5 Å². The van der Waals surface area contributed by atoms with Crippen LogP contribution in [0, 0.1) is 10.1 Å². The van der Waals surface area contributed by atoms with Gasteiger partial charge in [0, 0.05) is 18.3 Å². The second kappa shape index (κ2) is 8.05. The summed E-state index contributed by atoms with van der Waals surface area (Å²) in [6.07, 6.45) is 1.67. The van der Waals surface area contributed by atoms with Crippen molar-refractivity contribution in [2.45, 2.75) is 13.5 Å². The first kappa shape index (κ1) is 18.0. The molecular formula is C19H17N5O3. The van der Waals surface area contributed by atoms with Gasteiger partial charge in [0.2, 0.25) is 0 Å². The number of hydrazone groups is 1. The zero-order valence-electron chi connectivity index (χ0n) is 14.6. The monoisotopic (exact) mass is 363 g/mol. The van der Waals surface area contributed by atoms with Gasteiger partial charge in [0.15, 0.2) is 5.69 Å². The highest BCUT2D eigenvalue weighted by molar-refractivity contribution is 6.00. The normalized spacial score (nSPS) is 11.2. The lowest BCUT2D eigenvalue weighted by molar-refractivity contribution is -0.384. The SMILES string of the molecule is CC(=NNC(=O)c1ccn(Cc2ccc([N+](=O)[O-])cc2)n1)c1ccccc1. The van der Waals surface area contributed by atoms with Crippen molar-refractivity contribution in [3.63, 3.8) is 0 Å². The Hall–Kier alpha value is -3.81. The molecule has 1 N–H and O–H groups in total. The largest absolute Gasteiger partial charge is 0.291 e. The molecule has 0 atom stereocenters. The summed E-state index contributed by atoms with van der Waals surface area (Å²) in [7, 11) is 0. The molecule has 3 rings (SSSR count). The van der Waals surface area contributed by atoms with E-state index >= 15 is 0 Å². The van der Waals surface area contributed by atoms with Gasteiger partial charge in [-0.25, -0.2) is 5.43 Å². The first-order valence-corrected chi connectivity index (χ1v) is 8.20. The van der Waals surface area contributed by atoms with Crippen LogP contribution in [0.15, 0.2) is 72.0 Å². The van der Waals surface area contributed by atoms with E-state index in [-0.39, 0.29) is 11.4 Å². The van der Waals surface area contributed by atoms with Gasteiger partial charge in [-0.2, -0.15) is 10.2 Å². The molecule has 1 aromatic heterocycles. The van der Waals surface area contributed by atoms with Crippen LogP contribution in [-0.2, 0) is 6.54 Å². The van der Waals surface area contributed by atoms with Gasteiger partial charge < -0.3 is 0 Å². The summed E-state index contributed by atoms with van der Waals surface area (Å²) >= 11 is 0. The highest BCUT2D eigenvalue weighted by Crippen LogP contribution is 2.12. The van der Waals surface area contributed by atoms with Gasteiger partial charge in [-0.1, -0.05) is 42.5 Å². The van der Waals surface area contributed by atoms with E-state index in [1.165, 1.54) is 12.1 Å². The zero-order valence-corrected chi connectivity index (χ0v) is 14.6. The van der Waals surface area contributed by atoms with E-state index in [1.54, 1.807) is 29.1 Å². The molecular weight excluding hydrogens is 346 g/mol. The van der Waals surface area contributed by atoms with Crippen molar-refractivity contribution in [3.8, 4) is 0 Å². The fourth-order valence-corrected chi connectivity index (χ4v) is 2.42. The molecule has 8 nitrogen and oxygen atoms in total. The third-order valence-corrected chi connectivity index (χ3v) is 3.88. The van der Waals surface area contributed by atoms with Crippen molar-refractivity contribution >= 4 is 17.3 Å². The number of nitrogens with one attached hydrogen (secondary N) is 1. The number of amides is 1. The molecule has 0 unspecified atom stereocenters. The minimum Gasteiger partial charge on any atom is -0.268 e. The number of hydrogen-bond acceptors (Lipinski definition) is 5. The van der Waals surface area contributed by atoms with E-state index in [4.69, 9.17) is 0 Å². The van der Waals surface area contributed by atoms with Crippen LogP contribution >= 0.6 is 0 Å². The van der Waals surface area contributed by atoms with E-state index in [1.807, 2.05) is 37.3 Å². The van der Waals surface area contributed by atoms with Gasteiger partial charge in [0.05, 0.1) is 17.2 Å². The Morgan fingerprint density at radius 3 is 2.52 bits per heavy atom. The second-order valence-corrected chi connectivity index (χ2v) is 5.83. The summed E-state index contributed by atoms with van der Waals surface area (Å²) in [5.74, 6) is -0.410. The number of nitro benzene ring substituents is 1. The average Bonchev–Trinajstić information content (AvgIpc) is 3.15. The molecule has 2 aromatic carbocycles. The molecule has 0 fully saturated rings. The van der Waals surface area contributed by atoms with Crippen molar-refractivity contribution < 1.29 is 9.72 Å². The topological polar surface area (TPSA) is 102 Å². The molecule has 0 aliphatic rings. The Labute approximate surface area is 155 Å². The second-order valence-electron chi connectivity index (χ2n) is 5.83. The van der Waals surface area contributed by atoms with E-state index in [9.17, 15) is 14.9 Å². The van der Waals surface area contributed by atoms with Gasteiger partial charge >= 0.3 is 0 Å². The summed E-state index contributed by atoms with van der Waals surface area (Å²) < 4.78 is 1.59. The summed E-state index contributed by atoms with van der Waals surface area (Å²) in [6, 6.07) is 17.3. The molecule has 8 heteroatoms. The number of carbonyl (C=O) groups is 1. The van der Waals surface area contributed by atoms with Crippen molar-refractivity contribution in [1.29, 1.82) is 0 Å². The Bertz CT molecular complexity index is 978. The summed E-state index contributed by atoms with van der Waals surface area (Å²) in [5, 5.41) is 19.0. The van der Waals surface area contributed by atoms with E-state index in [0.29, 0.717) is 12.3 Å².